The van der Waals surface area contributed by atoms with E-state index < -0.39 is 0 Å². The molecule has 19 heavy (non-hydrogen) atoms. The number of aryl methyl sites for hydroxylation is 1. The smallest absolute Gasteiger partial charge is 0.166 e. The Hall–Kier alpha value is -1.91. The van der Waals surface area contributed by atoms with E-state index in [0.717, 1.165) is 24.4 Å². The zero-order valence-electron chi connectivity index (χ0n) is 11.7. The third-order valence-electron chi connectivity index (χ3n) is 3.01. The van der Waals surface area contributed by atoms with Crippen LogP contribution >= 0.6 is 0 Å². The van der Waals surface area contributed by atoms with E-state index in [1.807, 2.05) is 41.6 Å². The molecule has 0 spiro atoms. The van der Waals surface area contributed by atoms with Crippen molar-refractivity contribution in [2.75, 3.05) is 0 Å². The van der Waals surface area contributed by atoms with Crippen molar-refractivity contribution in [1.29, 1.82) is 0 Å². The average molecular weight is 260 g/mol. The maximum Gasteiger partial charge on any atom is 0.166 e. The molecule has 2 heterocycles. The topological polar surface area (TPSA) is 52.7 Å². The number of hydrogen-bond donors (Lipinski definition) is 0. The van der Waals surface area contributed by atoms with Crippen molar-refractivity contribution in [2.24, 2.45) is 5.92 Å². The molecule has 0 aliphatic rings. The summed E-state index contributed by atoms with van der Waals surface area (Å²) in [6.45, 7) is 7.45. The van der Waals surface area contributed by atoms with Gasteiger partial charge >= 0.3 is 0 Å². The number of aromatic nitrogens is 4. The predicted octanol–water partition coefficient (Wildman–Crippen LogP) is 2.38. The second kappa shape index (κ2) is 5.82. The molecule has 5 nitrogen and oxygen atoms in total. The van der Waals surface area contributed by atoms with Crippen LogP contribution < -0.4 is 0 Å². The first-order chi connectivity index (χ1) is 9.11. The van der Waals surface area contributed by atoms with E-state index in [1.165, 1.54) is 0 Å². The number of hydrogen-bond acceptors (Lipinski definition) is 3. The number of ketones is 1. The van der Waals surface area contributed by atoms with Crippen LogP contribution in [0, 0.1) is 5.92 Å². The highest BCUT2D eigenvalue weighted by Crippen LogP contribution is 2.10. The molecular weight excluding hydrogens is 240 g/mol. The fourth-order valence-corrected chi connectivity index (χ4v) is 1.99. The van der Waals surface area contributed by atoms with Gasteiger partial charge in [-0.05, 0) is 12.5 Å². The zero-order valence-corrected chi connectivity index (χ0v) is 11.7. The Bertz CT molecular complexity index is 553. The molecule has 0 aliphatic heterocycles. The van der Waals surface area contributed by atoms with Crippen LogP contribution in [0.2, 0.25) is 0 Å². The van der Waals surface area contributed by atoms with Gasteiger partial charge in [0.05, 0.1) is 6.54 Å². The Balaban J connectivity index is 2.11. The van der Waals surface area contributed by atoms with Crippen LogP contribution in [-0.4, -0.2) is 25.1 Å². The van der Waals surface area contributed by atoms with Crippen molar-refractivity contribution < 1.29 is 4.79 Å². The van der Waals surface area contributed by atoms with Gasteiger partial charge in [0.1, 0.15) is 12.2 Å². The molecule has 0 N–H and O–H groups in total. The Morgan fingerprint density at radius 2 is 2.21 bits per heavy atom. The molecule has 2 rings (SSSR count). The van der Waals surface area contributed by atoms with Crippen molar-refractivity contribution >= 4 is 5.78 Å². The highest BCUT2D eigenvalue weighted by molar-refractivity contribution is 5.97. The summed E-state index contributed by atoms with van der Waals surface area (Å²) < 4.78 is 3.88. The lowest BCUT2D eigenvalue weighted by Crippen LogP contribution is -2.09. The van der Waals surface area contributed by atoms with Gasteiger partial charge in [-0.2, -0.15) is 5.10 Å². The molecule has 102 valence electrons. The summed E-state index contributed by atoms with van der Waals surface area (Å²) in [4.78, 5) is 16.1. The summed E-state index contributed by atoms with van der Waals surface area (Å²) in [6, 6.07) is 1.86. The molecule has 0 saturated carbocycles. The minimum absolute atomic E-state index is 0.0274. The van der Waals surface area contributed by atoms with Crippen molar-refractivity contribution in [1.82, 2.24) is 19.3 Å². The third kappa shape index (κ3) is 3.10. The molecule has 2 aromatic heterocycles. The molecule has 0 radical (unpaired) electrons. The van der Waals surface area contributed by atoms with Gasteiger partial charge in [0, 0.05) is 30.4 Å². The first kappa shape index (κ1) is 13.5. The van der Waals surface area contributed by atoms with Gasteiger partial charge in [0.15, 0.2) is 5.78 Å². The van der Waals surface area contributed by atoms with Gasteiger partial charge in [-0.3, -0.25) is 4.79 Å². The van der Waals surface area contributed by atoms with E-state index in [-0.39, 0.29) is 11.7 Å². The number of carbonyl (C=O) groups excluding carboxylic acids is 1. The molecule has 0 saturated heterocycles. The minimum Gasteiger partial charge on any atom is -0.346 e. The molecule has 0 amide bonds. The maximum absolute atomic E-state index is 11.9. The van der Waals surface area contributed by atoms with E-state index in [1.54, 1.807) is 6.33 Å². The number of nitrogens with zero attached hydrogens (tertiary/aromatic N) is 4. The number of carbonyl (C=O) groups is 1. The Morgan fingerprint density at radius 1 is 1.42 bits per heavy atom. The summed E-state index contributed by atoms with van der Waals surface area (Å²) in [6.07, 6.45) is 6.40. The quantitative estimate of drug-likeness (QED) is 0.749. The van der Waals surface area contributed by atoms with Crippen LogP contribution in [0.3, 0.4) is 0 Å². The van der Waals surface area contributed by atoms with E-state index in [2.05, 4.69) is 17.0 Å². The molecule has 0 fully saturated rings. The maximum atomic E-state index is 11.9. The second-order valence-electron chi connectivity index (χ2n) is 4.99. The molecule has 2 aromatic rings. The monoisotopic (exact) mass is 260 g/mol. The van der Waals surface area contributed by atoms with Crippen LogP contribution in [0.25, 0.3) is 0 Å². The first-order valence-electron chi connectivity index (χ1n) is 6.68. The van der Waals surface area contributed by atoms with E-state index >= 15 is 0 Å². The van der Waals surface area contributed by atoms with Crippen molar-refractivity contribution in [3.63, 3.8) is 0 Å². The highest BCUT2D eigenvalue weighted by atomic mass is 16.1. The van der Waals surface area contributed by atoms with Gasteiger partial charge < -0.3 is 4.57 Å². The Kier molecular flexibility index (Phi) is 4.14. The lowest BCUT2D eigenvalue weighted by Gasteiger charge is -2.05. The molecule has 0 unspecified atom stereocenters. The van der Waals surface area contributed by atoms with Crippen LogP contribution in [0.4, 0.5) is 0 Å². The van der Waals surface area contributed by atoms with Gasteiger partial charge in [-0.15, -0.1) is 0 Å². The summed E-state index contributed by atoms with van der Waals surface area (Å²) in [7, 11) is 0. The van der Waals surface area contributed by atoms with Gasteiger partial charge in [-0.1, -0.05) is 20.8 Å². The number of rotatable bonds is 6. The third-order valence-corrected chi connectivity index (χ3v) is 3.01. The fourth-order valence-electron chi connectivity index (χ4n) is 1.99. The molecule has 5 heteroatoms. The lowest BCUT2D eigenvalue weighted by molar-refractivity contribution is 0.0939. The summed E-state index contributed by atoms with van der Waals surface area (Å²) >= 11 is 0. The van der Waals surface area contributed by atoms with Crippen LogP contribution in [0.15, 0.2) is 24.8 Å². The minimum atomic E-state index is 0.0274. The van der Waals surface area contributed by atoms with E-state index in [0.29, 0.717) is 6.54 Å². The molecule has 0 bridgehead atoms. The van der Waals surface area contributed by atoms with Gasteiger partial charge in [0.2, 0.25) is 0 Å². The second-order valence-corrected chi connectivity index (χ2v) is 4.99. The molecule has 0 atom stereocenters. The SMILES string of the molecule is CCCn1ncnc1Cn1ccc(C(=O)C(C)C)c1. The largest absolute Gasteiger partial charge is 0.346 e. The average Bonchev–Trinajstić information content (AvgIpc) is 3.00. The number of Topliss-reactive ketones (excluding diaryl/α,β-unsaturated/α-hetero) is 1. The van der Waals surface area contributed by atoms with Crippen molar-refractivity contribution in [3.8, 4) is 0 Å². The molecule has 0 aromatic carbocycles. The molecular formula is C14H20N4O. The van der Waals surface area contributed by atoms with Gasteiger partial charge in [-0.25, -0.2) is 9.67 Å². The van der Waals surface area contributed by atoms with Crippen molar-refractivity contribution in [3.05, 3.63) is 36.2 Å². The zero-order chi connectivity index (χ0) is 13.8. The van der Waals surface area contributed by atoms with Crippen LogP contribution in [0.1, 0.15) is 43.4 Å². The Labute approximate surface area is 113 Å². The van der Waals surface area contributed by atoms with E-state index in [4.69, 9.17) is 0 Å². The Morgan fingerprint density at radius 3 is 2.89 bits per heavy atom. The predicted molar refractivity (Wildman–Crippen MR) is 73.0 cm³/mol. The lowest BCUT2D eigenvalue weighted by atomic mass is 10.0. The first-order valence-corrected chi connectivity index (χ1v) is 6.68. The fraction of sp³-hybridized carbons (Fsp3) is 0.500. The summed E-state index contributed by atoms with van der Waals surface area (Å²) in [5, 5.41) is 4.20. The summed E-state index contributed by atoms with van der Waals surface area (Å²) in [5.41, 5.74) is 0.761. The van der Waals surface area contributed by atoms with Gasteiger partial charge in [0.25, 0.3) is 0 Å². The van der Waals surface area contributed by atoms with Crippen molar-refractivity contribution in [2.45, 2.75) is 40.3 Å². The van der Waals surface area contributed by atoms with Crippen LogP contribution in [-0.2, 0) is 13.1 Å². The standard InChI is InChI=1S/C14H20N4O/c1-4-6-18-13(15-10-16-18)9-17-7-5-12(8-17)14(19)11(2)3/h5,7-8,10-11H,4,6,9H2,1-3H3. The van der Waals surface area contributed by atoms with Crippen LogP contribution in [0.5, 0.6) is 0 Å². The normalized spacial score (nSPS) is 11.2. The molecule has 0 aliphatic carbocycles. The van der Waals surface area contributed by atoms with E-state index in [9.17, 15) is 4.79 Å². The highest BCUT2D eigenvalue weighted by Gasteiger charge is 2.12. The summed E-state index contributed by atoms with van der Waals surface area (Å²) in [5.74, 6) is 1.12.